The van der Waals surface area contributed by atoms with Crippen LogP contribution >= 0.6 is 0 Å². The molecule has 0 saturated carbocycles. The van der Waals surface area contributed by atoms with Crippen LogP contribution in [-0.2, 0) is 4.79 Å². The zero-order valence-corrected chi connectivity index (χ0v) is 6.73. The second kappa shape index (κ2) is 4.72. The maximum atomic E-state index is 10.7. The lowest BCUT2D eigenvalue weighted by Gasteiger charge is -1.90. The molecule has 0 aliphatic heterocycles. The smallest absolute Gasteiger partial charge is 0.254 e. The molecular formula is C8H7N3O2. The lowest BCUT2D eigenvalue weighted by Crippen LogP contribution is -2.15. The van der Waals surface area contributed by atoms with Crippen LogP contribution in [0.4, 0.5) is 0 Å². The van der Waals surface area contributed by atoms with Crippen molar-refractivity contribution in [3.63, 3.8) is 0 Å². The van der Waals surface area contributed by atoms with Gasteiger partial charge in [0, 0.05) is 5.56 Å². The molecule has 1 amide bonds. The molecule has 0 saturated heterocycles. The number of carbonyl (C=O) groups excluding carboxylic acids is 1. The summed E-state index contributed by atoms with van der Waals surface area (Å²) in [6.07, 6.45) is 4.22. The van der Waals surface area contributed by atoms with Crippen molar-refractivity contribution in [2.24, 2.45) is 5.10 Å². The summed E-state index contributed by atoms with van der Waals surface area (Å²) >= 11 is 0. The maximum absolute atomic E-state index is 10.7. The lowest BCUT2D eigenvalue weighted by molar-refractivity contribution is -0.120. The summed E-state index contributed by atoms with van der Waals surface area (Å²) in [6.45, 7) is 0. The number of hydrazone groups is 1. The first kappa shape index (κ1) is 9.00. The summed E-state index contributed by atoms with van der Waals surface area (Å²) in [7, 11) is 0. The quantitative estimate of drug-likeness (QED) is 0.543. The number of carbonyl (C=O) groups is 1. The van der Waals surface area contributed by atoms with Crippen molar-refractivity contribution in [1.82, 2.24) is 5.43 Å². The molecular weight excluding hydrogens is 170 g/mol. The zero-order valence-electron chi connectivity index (χ0n) is 6.73. The van der Waals surface area contributed by atoms with Gasteiger partial charge in [0.15, 0.2) is 0 Å². The summed E-state index contributed by atoms with van der Waals surface area (Å²) in [5.41, 5.74) is 2.94. The highest BCUT2D eigenvalue weighted by Gasteiger charge is 1.95. The molecule has 1 aromatic rings. The fourth-order valence-electron chi connectivity index (χ4n) is 0.639. The minimum Gasteiger partial charge on any atom is -0.472 e. The van der Waals surface area contributed by atoms with Crippen molar-refractivity contribution in [2.45, 2.75) is 6.42 Å². The average molecular weight is 177 g/mol. The summed E-state index contributed by atoms with van der Waals surface area (Å²) in [4.78, 5) is 10.7. The summed E-state index contributed by atoms with van der Waals surface area (Å²) in [5.74, 6) is -0.428. The number of nitriles is 1. The van der Waals surface area contributed by atoms with Gasteiger partial charge in [-0.25, -0.2) is 5.43 Å². The summed E-state index contributed by atoms with van der Waals surface area (Å²) in [5, 5.41) is 11.7. The molecule has 1 rings (SSSR count). The van der Waals surface area contributed by atoms with E-state index in [4.69, 9.17) is 9.68 Å². The van der Waals surface area contributed by atoms with Crippen LogP contribution in [0.1, 0.15) is 12.0 Å². The maximum Gasteiger partial charge on any atom is 0.254 e. The fraction of sp³-hybridized carbons (Fsp3) is 0.125. The number of nitrogens with one attached hydrogen (secondary N) is 1. The van der Waals surface area contributed by atoms with Crippen LogP contribution in [0.2, 0.25) is 0 Å². The van der Waals surface area contributed by atoms with E-state index in [0.717, 1.165) is 5.56 Å². The van der Waals surface area contributed by atoms with E-state index in [1.165, 1.54) is 18.7 Å². The van der Waals surface area contributed by atoms with E-state index in [9.17, 15) is 4.79 Å². The first-order valence-electron chi connectivity index (χ1n) is 3.54. The highest BCUT2D eigenvalue weighted by Crippen LogP contribution is 1.94. The van der Waals surface area contributed by atoms with Crippen LogP contribution < -0.4 is 5.43 Å². The van der Waals surface area contributed by atoms with Crippen molar-refractivity contribution in [3.8, 4) is 6.07 Å². The van der Waals surface area contributed by atoms with Crippen molar-refractivity contribution in [2.75, 3.05) is 0 Å². The molecule has 5 heteroatoms. The highest BCUT2D eigenvalue weighted by atomic mass is 16.3. The Bertz CT molecular complexity index is 335. The van der Waals surface area contributed by atoms with Gasteiger partial charge in [-0.3, -0.25) is 4.79 Å². The van der Waals surface area contributed by atoms with Crippen LogP contribution in [-0.4, -0.2) is 12.1 Å². The second-order valence-electron chi connectivity index (χ2n) is 2.18. The molecule has 1 heterocycles. The Morgan fingerprint density at radius 3 is 3.31 bits per heavy atom. The predicted octanol–water partition coefficient (Wildman–Crippen LogP) is 0.643. The lowest BCUT2D eigenvalue weighted by atomic mass is 10.4. The summed E-state index contributed by atoms with van der Waals surface area (Å²) < 4.78 is 4.76. The number of hydrogen-bond acceptors (Lipinski definition) is 4. The van der Waals surface area contributed by atoms with E-state index in [1.807, 2.05) is 0 Å². The van der Waals surface area contributed by atoms with Crippen LogP contribution in [0, 0.1) is 11.3 Å². The van der Waals surface area contributed by atoms with Crippen LogP contribution in [0.3, 0.4) is 0 Å². The van der Waals surface area contributed by atoms with Crippen LogP contribution in [0.5, 0.6) is 0 Å². The predicted molar refractivity (Wildman–Crippen MR) is 44.7 cm³/mol. The average Bonchev–Trinajstić information content (AvgIpc) is 2.57. The van der Waals surface area contributed by atoms with Gasteiger partial charge in [0.1, 0.15) is 6.42 Å². The highest BCUT2D eigenvalue weighted by molar-refractivity contribution is 5.82. The molecule has 0 radical (unpaired) electrons. The van der Waals surface area contributed by atoms with Gasteiger partial charge in [-0.15, -0.1) is 0 Å². The molecule has 0 bridgehead atoms. The third-order valence-electron chi connectivity index (χ3n) is 1.19. The number of nitrogens with zero attached hydrogens (tertiary/aromatic N) is 2. The number of hydrogen-bond donors (Lipinski definition) is 1. The third-order valence-corrected chi connectivity index (χ3v) is 1.19. The molecule has 0 aromatic carbocycles. The third kappa shape index (κ3) is 3.20. The topological polar surface area (TPSA) is 78.4 Å². The van der Waals surface area contributed by atoms with Gasteiger partial charge in [-0.05, 0) is 6.07 Å². The van der Waals surface area contributed by atoms with Crippen molar-refractivity contribution >= 4 is 12.1 Å². The first-order chi connectivity index (χ1) is 6.33. The number of amides is 1. The Hall–Kier alpha value is -2.09. The molecule has 1 aromatic heterocycles. The van der Waals surface area contributed by atoms with E-state index in [0.29, 0.717) is 0 Å². The minimum atomic E-state index is -0.428. The molecule has 13 heavy (non-hydrogen) atoms. The SMILES string of the molecule is N#CCC(=O)N/N=C/c1ccoc1. The van der Waals surface area contributed by atoms with Crippen molar-refractivity contribution in [1.29, 1.82) is 5.26 Å². The zero-order chi connectivity index (χ0) is 9.52. The Labute approximate surface area is 74.7 Å². The van der Waals surface area contributed by atoms with Crippen molar-refractivity contribution < 1.29 is 9.21 Å². The molecule has 5 nitrogen and oxygen atoms in total. The fourth-order valence-corrected chi connectivity index (χ4v) is 0.639. The van der Waals surface area contributed by atoms with E-state index in [1.54, 1.807) is 12.1 Å². The van der Waals surface area contributed by atoms with E-state index in [2.05, 4.69) is 10.5 Å². The van der Waals surface area contributed by atoms with Crippen LogP contribution in [0.15, 0.2) is 28.1 Å². The molecule has 0 aliphatic rings. The Balaban J connectivity index is 2.35. The molecule has 0 atom stereocenters. The number of furan rings is 1. The monoisotopic (exact) mass is 177 g/mol. The largest absolute Gasteiger partial charge is 0.472 e. The molecule has 1 N–H and O–H groups in total. The van der Waals surface area contributed by atoms with E-state index in [-0.39, 0.29) is 6.42 Å². The minimum absolute atomic E-state index is 0.192. The molecule has 0 unspecified atom stereocenters. The second-order valence-corrected chi connectivity index (χ2v) is 2.18. The van der Waals surface area contributed by atoms with Gasteiger partial charge in [0.2, 0.25) is 0 Å². The summed E-state index contributed by atoms with van der Waals surface area (Å²) in [6, 6.07) is 3.40. The van der Waals surface area contributed by atoms with Crippen LogP contribution in [0.25, 0.3) is 0 Å². The van der Waals surface area contributed by atoms with Gasteiger partial charge in [-0.2, -0.15) is 10.4 Å². The molecule has 0 spiro atoms. The van der Waals surface area contributed by atoms with Gasteiger partial charge < -0.3 is 4.42 Å². The Morgan fingerprint density at radius 2 is 2.69 bits per heavy atom. The first-order valence-corrected chi connectivity index (χ1v) is 3.54. The molecule has 66 valence electrons. The van der Waals surface area contributed by atoms with Gasteiger partial charge >= 0.3 is 0 Å². The number of rotatable bonds is 3. The van der Waals surface area contributed by atoms with Gasteiger partial charge in [-0.1, -0.05) is 0 Å². The molecule has 0 fully saturated rings. The van der Waals surface area contributed by atoms with Gasteiger partial charge in [0.05, 0.1) is 24.8 Å². The van der Waals surface area contributed by atoms with E-state index < -0.39 is 5.91 Å². The molecule has 0 aliphatic carbocycles. The van der Waals surface area contributed by atoms with Crippen molar-refractivity contribution in [3.05, 3.63) is 24.2 Å². The normalized spacial score (nSPS) is 9.77. The van der Waals surface area contributed by atoms with Gasteiger partial charge in [0.25, 0.3) is 5.91 Å². The standard InChI is InChI=1S/C8H7N3O2/c9-3-1-8(12)11-10-5-7-2-4-13-6-7/h2,4-6H,1H2,(H,11,12)/b10-5+. The van der Waals surface area contributed by atoms with E-state index >= 15 is 0 Å². The Morgan fingerprint density at radius 1 is 1.85 bits per heavy atom. The Kier molecular flexibility index (Phi) is 3.27.